The van der Waals surface area contributed by atoms with Crippen molar-refractivity contribution < 1.29 is 52.7 Å². The third-order valence-electron chi connectivity index (χ3n) is 9.46. The molecule has 0 unspecified atom stereocenters. The summed E-state index contributed by atoms with van der Waals surface area (Å²) in [7, 11) is 0. The van der Waals surface area contributed by atoms with Gasteiger partial charge in [0.2, 0.25) is 5.70 Å². The van der Waals surface area contributed by atoms with Crippen molar-refractivity contribution in [3.63, 3.8) is 0 Å². The number of rotatable bonds is 3. The van der Waals surface area contributed by atoms with Crippen molar-refractivity contribution in [2.24, 2.45) is 0 Å². The summed E-state index contributed by atoms with van der Waals surface area (Å²) in [6, 6.07) is 21.2. The van der Waals surface area contributed by atoms with E-state index >= 15 is 26.3 Å². The second-order valence-electron chi connectivity index (χ2n) is 12.9. The van der Waals surface area contributed by atoms with E-state index in [1.54, 1.807) is 36.4 Å². The first-order valence-corrected chi connectivity index (χ1v) is 17.4. The van der Waals surface area contributed by atoms with Crippen molar-refractivity contribution in [1.82, 2.24) is 0 Å². The zero-order chi connectivity index (χ0) is 50.6. The molecule has 0 N–H and O–H groups in total. The van der Waals surface area contributed by atoms with Gasteiger partial charge in [-0.05, 0) is 39.6 Å². The molecule has 0 saturated heterocycles. The third kappa shape index (κ3) is 7.75. The summed E-state index contributed by atoms with van der Waals surface area (Å²) < 4.78 is 177. The van der Waals surface area contributed by atoms with Gasteiger partial charge >= 0.3 is 0 Å². The number of nitriles is 8. The first kappa shape index (κ1) is 48.4. The smallest absolute Gasteiger partial charge is 0.237 e. The Morgan fingerprint density at radius 3 is 1.00 bits per heavy atom. The van der Waals surface area contributed by atoms with Crippen molar-refractivity contribution in [1.29, 1.82) is 42.1 Å². The van der Waals surface area contributed by atoms with Crippen LogP contribution in [0.3, 0.4) is 0 Å². The van der Waals surface area contributed by atoms with Crippen LogP contribution in [-0.4, -0.2) is 0 Å². The van der Waals surface area contributed by atoms with E-state index < -0.39 is 137 Å². The molecular formula is C46H6F12N10. The Labute approximate surface area is 371 Å². The van der Waals surface area contributed by atoms with Crippen LogP contribution in [0.15, 0.2) is 53.1 Å². The number of hydrogen-bond acceptors (Lipinski definition) is 8. The maximum atomic E-state index is 15.0. The summed E-state index contributed by atoms with van der Waals surface area (Å²) in [6.07, 6.45) is 0. The van der Waals surface area contributed by atoms with Gasteiger partial charge in [0.15, 0.2) is 69.8 Å². The molecule has 22 heteroatoms. The zero-order valence-corrected chi connectivity index (χ0v) is 32.5. The number of nitrogens with zero attached hydrogens (tertiary/aromatic N) is 10. The topological polar surface area (TPSA) is 199 Å². The van der Waals surface area contributed by atoms with E-state index in [2.05, 4.69) is 9.69 Å². The zero-order valence-electron chi connectivity index (χ0n) is 32.5. The van der Waals surface area contributed by atoms with Gasteiger partial charge in [0, 0.05) is 10.4 Å². The van der Waals surface area contributed by atoms with Crippen LogP contribution < -0.4 is 10.4 Å². The second kappa shape index (κ2) is 19.0. The van der Waals surface area contributed by atoms with Gasteiger partial charge in [0.1, 0.15) is 70.8 Å². The fourth-order valence-corrected chi connectivity index (χ4v) is 6.32. The number of halogens is 12. The fourth-order valence-electron chi connectivity index (χ4n) is 6.32. The SMILES string of the molecule is N#CC(C#N)=c1ccc2cc(=C(C#N)C#N)ccc2c1.[C-]#[N+]C(=C1C(=C(C#N)c2c(F)c(F)c(C#N)c(F)c2F)C1=C(C#N)c1c(F)c(F)c([N+]#[C-])c(F)c1F)c1c(F)c(F)c(C#N)c(F)c1F. The van der Waals surface area contributed by atoms with Gasteiger partial charge in [-0.1, -0.05) is 24.3 Å². The predicted molar refractivity (Wildman–Crippen MR) is 206 cm³/mol. The summed E-state index contributed by atoms with van der Waals surface area (Å²) in [5.74, 6) is -29.7. The summed E-state index contributed by atoms with van der Waals surface area (Å²) >= 11 is 0. The van der Waals surface area contributed by atoms with Gasteiger partial charge < -0.3 is 0 Å². The lowest BCUT2D eigenvalue weighted by Gasteiger charge is -2.08. The molecule has 0 radical (unpaired) electrons. The summed E-state index contributed by atoms with van der Waals surface area (Å²) in [4.78, 5) is 4.84. The van der Waals surface area contributed by atoms with E-state index in [4.69, 9.17) is 44.7 Å². The largest absolute Gasteiger partial charge is 0.262 e. The van der Waals surface area contributed by atoms with E-state index in [-0.39, 0.29) is 11.1 Å². The molecule has 5 aromatic carbocycles. The molecule has 1 fully saturated rings. The van der Waals surface area contributed by atoms with Gasteiger partial charge in [0.25, 0.3) is 5.69 Å². The molecule has 1 aliphatic rings. The van der Waals surface area contributed by atoms with Crippen LogP contribution in [-0.2, 0) is 0 Å². The first-order valence-electron chi connectivity index (χ1n) is 17.4. The van der Waals surface area contributed by atoms with Crippen molar-refractivity contribution >= 4 is 44.4 Å². The number of fused-ring (bicyclic) bond motifs is 1. The molecular weight excluding hydrogens is 921 g/mol. The molecule has 0 aliphatic heterocycles. The maximum Gasteiger partial charge on any atom is 0.262 e. The van der Waals surface area contributed by atoms with Crippen LogP contribution in [0.2, 0.25) is 0 Å². The Morgan fingerprint density at radius 2 is 0.721 bits per heavy atom. The molecule has 0 bridgehead atoms. The molecule has 6 rings (SSSR count). The van der Waals surface area contributed by atoms with Crippen LogP contribution in [0.1, 0.15) is 27.8 Å². The Balaban J connectivity index is 0.000000358. The molecule has 1 aliphatic carbocycles. The normalized spacial score (nSPS) is 13.1. The Kier molecular flexibility index (Phi) is 13.5. The minimum Gasteiger partial charge on any atom is -0.237 e. The molecule has 0 amide bonds. The van der Waals surface area contributed by atoms with E-state index in [9.17, 15) is 36.9 Å². The second-order valence-corrected chi connectivity index (χ2v) is 12.9. The highest BCUT2D eigenvalue weighted by Gasteiger charge is 2.46. The molecule has 0 spiro atoms. The molecule has 0 aromatic heterocycles. The van der Waals surface area contributed by atoms with Gasteiger partial charge in [-0.2, -0.15) is 42.1 Å². The highest BCUT2D eigenvalue weighted by atomic mass is 19.2. The lowest BCUT2D eigenvalue weighted by Crippen LogP contribution is -2.06. The lowest BCUT2D eigenvalue weighted by atomic mass is 9.99. The Bertz CT molecular complexity index is 3410. The lowest BCUT2D eigenvalue weighted by molar-refractivity contribution is 0.446. The van der Waals surface area contributed by atoms with E-state index in [1.807, 2.05) is 24.3 Å². The predicted octanol–water partition coefficient (Wildman–Crippen LogP) is 9.48. The highest BCUT2D eigenvalue weighted by molar-refractivity contribution is 6.11. The fraction of sp³-hybridized carbons (Fsp3) is 0. The number of allylic oxidation sites excluding steroid dienone is 5. The highest BCUT2D eigenvalue weighted by Crippen LogP contribution is 2.58. The van der Waals surface area contributed by atoms with Crippen LogP contribution >= 0.6 is 0 Å². The summed E-state index contributed by atoms with van der Waals surface area (Å²) in [6.45, 7) is 14.1. The third-order valence-corrected chi connectivity index (χ3v) is 9.46. The molecule has 5 aromatic rings. The Hall–Kier alpha value is -10.6. The average molecular weight is 927 g/mol. The van der Waals surface area contributed by atoms with Crippen LogP contribution in [0.5, 0.6) is 0 Å². The van der Waals surface area contributed by atoms with Crippen molar-refractivity contribution in [2.45, 2.75) is 0 Å². The van der Waals surface area contributed by atoms with Crippen LogP contribution in [0.25, 0.3) is 48.5 Å². The molecule has 10 nitrogen and oxygen atoms in total. The van der Waals surface area contributed by atoms with Gasteiger partial charge in [-0.25, -0.2) is 62.4 Å². The minimum atomic E-state index is -2.52. The van der Waals surface area contributed by atoms with E-state index in [0.29, 0.717) is 10.4 Å². The van der Waals surface area contributed by atoms with Crippen LogP contribution in [0, 0.1) is 174 Å². The van der Waals surface area contributed by atoms with Crippen molar-refractivity contribution in [2.75, 3.05) is 0 Å². The molecule has 0 atom stereocenters. The number of hydrogen-bond donors (Lipinski definition) is 0. The summed E-state index contributed by atoms with van der Waals surface area (Å²) in [5.41, 5.74) is -21.3. The van der Waals surface area contributed by atoms with Crippen molar-refractivity contribution in [3.8, 4) is 48.6 Å². The van der Waals surface area contributed by atoms with Gasteiger partial charge in [0.05, 0.1) is 41.0 Å². The first-order chi connectivity index (χ1) is 32.3. The maximum absolute atomic E-state index is 15.0. The Morgan fingerprint density at radius 1 is 0.397 bits per heavy atom. The van der Waals surface area contributed by atoms with E-state index in [0.717, 1.165) is 35.0 Å². The van der Waals surface area contributed by atoms with E-state index in [1.165, 1.54) is 0 Å². The van der Waals surface area contributed by atoms with Crippen LogP contribution in [0.4, 0.5) is 58.4 Å². The summed E-state index contributed by atoms with van der Waals surface area (Å²) in [5, 5.41) is 75.5. The standard InChI is InChI=1S/C30F12N6.C16H6N4/c1-47-29(16-25(39)19(33)10(6-46)20(34)26(16)40)15-11(7(3-43)13-21(35)17(31)9(5-45)18(32)22(13)36)12(15)8(4-44)14-23(37)27(41)30(48-2)28(42)24(14)38;17-7-15(8-18)13-3-1-11-5-14(16(9-19)10-20)4-2-12(11)6-13/h;1-6H. The van der Waals surface area contributed by atoms with Crippen molar-refractivity contribution in [3.05, 3.63) is 184 Å². The average Bonchev–Trinajstić information content (AvgIpc) is 4.06. The molecule has 1 saturated carbocycles. The van der Waals surface area contributed by atoms with Gasteiger partial charge in [-0.3, -0.25) is 0 Å². The van der Waals surface area contributed by atoms with Gasteiger partial charge in [-0.15, -0.1) is 0 Å². The molecule has 324 valence electrons. The number of benzene rings is 5. The minimum absolute atomic E-state index is 0.0530. The molecule has 68 heavy (non-hydrogen) atoms. The monoisotopic (exact) mass is 926 g/mol. The molecule has 0 heterocycles. The quantitative estimate of drug-likeness (QED) is 0.0737.